The van der Waals surface area contributed by atoms with Gasteiger partial charge < -0.3 is 25.8 Å². The van der Waals surface area contributed by atoms with E-state index in [0.717, 1.165) is 5.56 Å². The number of benzene rings is 1. The van der Waals surface area contributed by atoms with Crippen LogP contribution in [0.2, 0.25) is 5.02 Å². The molecule has 1 aromatic carbocycles. The van der Waals surface area contributed by atoms with E-state index in [2.05, 4.69) is 10.3 Å². The van der Waals surface area contributed by atoms with Crippen LogP contribution >= 0.6 is 11.6 Å². The first-order valence-electron chi connectivity index (χ1n) is 9.15. The van der Waals surface area contributed by atoms with Gasteiger partial charge in [-0.05, 0) is 49.6 Å². The first kappa shape index (κ1) is 22.6. The minimum Gasteiger partial charge on any atom is -0.388 e. The van der Waals surface area contributed by atoms with Crippen LogP contribution in [0.25, 0.3) is 0 Å². The molecule has 1 heterocycles. The molecule has 0 saturated carbocycles. The minimum absolute atomic E-state index is 0.0870. The van der Waals surface area contributed by atoms with E-state index in [1.54, 1.807) is 37.4 Å². The number of aromatic nitrogens is 1. The maximum atomic E-state index is 12.7. The second kappa shape index (κ2) is 10.8. The Kier molecular flexibility index (Phi) is 8.38. The van der Waals surface area contributed by atoms with Gasteiger partial charge in [0.1, 0.15) is 5.56 Å². The summed E-state index contributed by atoms with van der Waals surface area (Å²) in [5.41, 5.74) is 5.70. The zero-order valence-corrected chi connectivity index (χ0v) is 16.8. The summed E-state index contributed by atoms with van der Waals surface area (Å²) in [6, 6.07) is 9.13. The predicted octanol–water partition coefficient (Wildman–Crippen LogP) is 1.12. The van der Waals surface area contributed by atoms with E-state index >= 15 is 0 Å². The number of aliphatic imine (C=N–C) groups is 1. The number of nitrogens with one attached hydrogen (secondary N) is 1. The Morgan fingerprint density at radius 1 is 1.31 bits per heavy atom. The highest BCUT2D eigenvalue weighted by atomic mass is 35.5. The molecule has 0 saturated heterocycles. The fourth-order valence-corrected chi connectivity index (χ4v) is 2.99. The molecule has 0 bridgehead atoms. The lowest BCUT2D eigenvalue weighted by molar-refractivity contribution is -0.0668. The Morgan fingerprint density at radius 3 is 2.72 bits per heavy atom. The number of amidine groups is 1. The maximum absolute atomic E-state index is 12.7. The summed E-state index contributed by atoms with van der Waals surface area (Å²) >= 11 is 5.98. The van der Waals surface area contributed by atoms with E-state index in [9.17, 15) is 19.8 Å². The average Bonchev–Trinajstić information content (AvgIpc) is 2.65. The first-order valence-corrected chi connectivity index (χ1v) is 9.53. The monoisotopic (exact) mass is 420 g/mol. The fourth-order valence-electron chi connectivity index (χ4n) is 2.77. The maximum Gasteiger partial charge on any atom is 0.263 e. The topological polar surface area (TPSA) is 130 Å². The van der Waals surface area contributed by atoms with Crippen LogP contribution in [0.3, 0.4) is 0 Å². The van der Waals surface area contributed by atoms with Crippen LogP contribution in [0, 0.1) is 0 Å². The number of hydrogen-bond acceptors (Lipinski definition) is 5. The number of carbonyl (C=O) groups excluding carboxylic acids is 1. The van der Waals surface area contributed by atoms with E-state index in [-0.39, 0.29) is 18.5 Å². The number of hydrogen-bond donors (Lipinski definition) is 4. The molecule has 0 radical (unpaired) electrons. The van der Waals surface area contributed by atoms with Crippen LogP contribution < -0.4 is 16.6 Å². The Balaban J connectivity index is 2.11. The number of aliphatic hydroxyl groups excluding tert-OH is 1. The number of nitrogens with zero attached hydrogens (tertiary/aromatic N) is 2. The molecule has 0 aliphatic heterocycles. The quantitative estimate of drug-likeness (QED) is 0.209. The number of nitrogens with two attached hydrogens (primary N) is 1. The highest BCUT2D eigenvalue weighted by Gasteiger charge is 2.21. The molecule has 9 heteroatoms. The highest BCUT2D eigenvalue weighted by molar-refractivity contribution is 6.30. The first-order chi connectivity index (χ1) is 13.8. The molecule has 29 heavy (non-hydrogen) atoms. The molecule has 8 nitrogen and oxygen atoms in total. The van der Waals surface area contributed by atoms with Gasteiger partial charge >= 0.3 is 0 Å². The third-order valence-electron chi connectivity index (χ3n) is 4.22. The number of rotatable bonds is 9. The lowest BCUT2D eigenvalue weighted by atomic mass is 10.1. The van der Waals surface area contributed by atoms with Crippen molar-refractivity contribution in [2.75, 3.05) is 6.54 Å². The van der Waals surface area contributed by atoms with Crippen molar-refractivity contribution < 1.29 is 15.0 Å². The smallest absolute Gasteiger partial charge is 0.263 e. The van der Waals surface area contributed by atoms with Crippen molar-refractivity contribution in [3.05, 3.63) is 69.1 Å². The Labute approximate surface area is 173 Å². The van der Waals surface area contributed by atoms with E-state index in [1.165, 1.54) is 10.6 Å². The second-order valence-corrected chi connectivity index (χ2v) is 7.08. The molecular weight excluding hydrogens is 396 g/mol. The molecule has 5 N–H and O–H groups in total. The molecule has 2 aromatic rings. The summed E-state index contributed by atoms with van der Waals surface area (Å²) in [5, 5.41) is 22.2. The van der Waals surface area contributed by atoms with Crippen molar-refractivity contribution in [2.45, 2.75) is 38.6 Å². The van der Waals surface area contributed by atoms with Crippen LogP contribution in [-0.2, 0) is 6.54 Å². The van der Waals surface area contributed by atoms with E-state index in [1.807, 2.05) is 6.07 Å². The number of carbonyl (C=O) groups is 1. The van der Waals surface area contributed by atoms with Crippen LogP contribution in [0.1, 0.15) is 35.7 Å². The fraction of sp³-hybridized carbons (Fsp3) is 0.350. The van der Waals surface area contributed by atoms with Crippen LogP contribution in [-0.4, -0.2) is 45.4 Å². The summed E-state index contributed by atoms with van der Waals surface area (Å²) in [6.07, 6.45) is 0.569. The van der Waals surface area contributed by atoms with E-state index in [4.69, 9.17) is 17.3 Å². The highest BCUT2D eigenvalue weighted by Crippen LogP contribution is 2.11. The van der Waals surface area contributed by atoms with Gasteiger partial charge in [0, 0.05) is 17.8 Å². The van der Waals surface area contributed by atoms with Crippen molar-refractivity contribution >= 4 is 23.3 Å². The normalized spacial score (nSPS) is 12.8. The van der Waals surface area contributed by atoms with Crippen molar-refractivity contribution in [1.29, 1.82) is 0 Å². The van der Waals surface area contributed by atoms with Gasteiger partial charge in [-0.2, -0.15) is 0 Å². The summed E-state index contributed by atoms with van der Waals surface area (Å²) in [5.74, 6) is -0.244. The predicted molar refractivity (Wildman–Crippen MR) is 112 cm³/mol. The van der Waals surface area contributed by atoms with Crippen molar-refractivity contribution in [3.63, 3.8) is 0 Å². The Hall–Kier alpha value is -2.68. The second-order valence-electron chi connectivity index (χ2n) is 6.64. The summed E-state index contributed by atoms with van der Waals surface area (Å²) < 4.78 is 1.39. The van der Waals surface area contributed by atoms with Gasteiger partial charge in [-0.1, -0.05) is 23.7 Å². The molecule has 0 fully saturated rings. The largest absolute Gasteiger partial charge is 0.388 e. The van der Waals surface area contributed by atoms with Gasteiger partial charge in [0.2, 0.25) is 0 Å². The number of pyridine rings is 1. The molecule has 1 amide bonds. The van der Waals surface area contributed by atoms with E-state index in [0.29, 0.717) is 23.8 Å². The molecule has 0 spiro atoms. The van der Waals surface area contributed by atoms with Gasteiger partial charge in [0.25, 0.3) is 11.5 Å². The van der Waals surface area contributed by atoms with Crippen molar-refractivity contribution in [1.82, 2.24) is 9.88 Å². The molecular formula is C20H25ClN4O4. The Bertz CT molecular complexity index is 923. The third kappa shape index (κ3) is 7.01. The summed E-state index contributed by atoms with van der Waals surface area (Å²) in [4.78, 5) is 29.3. The number of aliphatic hydroxyl groups is 2. The SMILES string of the molecule is CC(N)=NCCC[C@H](NC(=O)c1cccn(Cc2cccc(Cl)c2)c1=O)C(O)O. The van der Waals surface area contributed by atoms with Gasteiger partial charge in [-0.25, -0.2) is 0 Å². The molecule has 2 rings (SSSR count). The van der Waals surface area contributed by atoms with Gasteiger partial charge in [-0.3, -0.25) is 14.6 Å². The summed E-state index contributed by atoms with van der Waals surface area (Å²) in [7, 11) is 0. The molecule has 0 aliphatic rings. The molecule has 0 aliphatic carbocycles. The minimum atomic E-state index is -1.76. The summed E-state index contributed by atoms with van der Waals surface area (Å²) in [6.45, 7) is 2.31. The lowest BCUT2D eigenvalue weighted by Crippen LogP contribution is -2.45. The molecule has 1 aromatic heterocycles. The van der Waals surface area contributed by atoms with Crippen LogP contribution in [0.15, 0.2) is 52.4 Å². The van der Waals surface area contributed by atoms with Crippen molar-refractivity contribution in [2.24, 2.45) is 10.7 Å². The number of halogens is 1. The third-order valence-corrected chi connectivity index (χ3v) is 4.45. The van der Waals surface area contributed by atoms with Crippen molar-refractivity contribution in [3.8, 4) is 0 Å². The number of amides is 1. The van der Waals surface area contributed by atoms with Crippen LogP contribution in [0.4, 0.5) is 0 Å². The zero-order chi connectivity index (χ0) is 21.4. The van der Waals surface area contributed by atoms with Gasteiger partial charge in [0.05, 0.1) is 18.4 Å². The average molecular weight is 421 g/mol. The zero-order valence-electron chi connectivity index (χ0n) is 16.1. The lowest BCUT2D eigenvalue weighted by Gasteiger charge is -2.20. The standard InChI is InChI=1S/C20H25ClN4O4/c1-13(22)23-9-3-8-17(20(28)29)24-18(26)16-7-4-10-25(19(16)27)12-14-5-2-6-15(21)11-14/h2,4-7,10-11,17,20,28-29H,3,8-9,12H2,1H3,(H2,22,23)(H,24,26)/t17-/m0/s1. The molecule has 1 atom stereocenters. The van der Waals surface area contributed by atoms with Crippen LogP contribution in [0.5, 0.6) is 0 Å². The molecule has 156 valence electrons. The van der Waals surface area contributed by atoms with E-state index < -0.39 is 23.8 Å². The van der Waals surface area contributed by atoms with Gasteiger partial charge in [-0.15, -0.1) is 0 Å². The Morgan fingerprint density at radius 2 is 2.07 bits per heavy atom. The molecule has 0 unspecified atom stereocenters. The van der Waals surface area contributed by atoms with Gasteiger partial charge in [0.15, 0.2) is 6.29 Å².